The zero-order valence-electron chi connectivity index (χ0n) is 20.8. The number of fused-ring (bicyclic) bond motifs is 4. The Labute approximate surface area is 201 Å². The van der Waals surface area contributed by atoms with Gasteiger partial charge in [0.15, 0.2) is 0 Å². The first-order valence-corrected chi connectivity index (χ1v) is 12.5. The van der Waals surface area contributed by atoms with E-state index in [0.717, 1.165) is 31.2 Å². The average Bonchev–Trinajstić information content (AvgIpc) is 2.80. The summed E-state index contributed by atoms with van der Waals surface area (Å²) in [6.45, 7) is 10.9. The van der Waals surface area contributed by atoms with Gasteiger partial charge in [0.25, 0.3) is 0 Å². The fourth-order valence-electron chi connectivity index (χ4n) is 7.39. The van der Waals surface area contributed by atoms with Crippen molar-refractivity contribution < 1.29 is 18.7 Å². The first kappa shape index (κ1) is 23.1. The van der Waals surface area contributed by atoms with E-state index in [1.165, 1.54) is 0 Å². The highest BCUT2D eigenvalue weighted by molar-refractivity contribution is 5.69. The van der Waals surface area contributed by atoms with Crippen LogP contribution in [0.25, 0.3) is 11.3 Å². The molecule has 0 aromatic carbocycles. The number of hydrogen-bond donors (Lipinski definition) is 0. The molecule has 2 unspecified atom stereocenters. The Morgan fingerprint density at radius 2 is 1.97 bits per heavy atom. The van der Waals surface area contributed by atoms with Crippen molar-refractivity contribution in [1.82, 2.24) is 4.98 Å². The van der Waals surface area contributed by atoms with Crippen molar-refractivity contribution in [1.29, 1.82) is 0 Å². The summed E-state index contributed by atoms with van der Waals surface area (Å²) in [5.41, 5.74) is 0.534. The van der Waals surface area contributed by atoms with E-state index in [1.807, 2.05) is 25.1 Å². The highest BCUT2D eigenvalue weighted by Gasteiger charge is 2.63. The summed E-state index contributed by atoms with van der Waals surface area (Å²) in [5, 5.41) is 0. The summed E-state index contributed by atoms with van der Waals surface area (Å²) in [4.78, 5) is 29.4. The van der Waals surface area contributed by atoms with Gasteiger partial charge in [0.2, 0.25) is 0 Å². The Hall–Kier alpha value is -2.63. The van der Waals surface area contributed by atoms with Crippen LogP contribution in [0.2, 0.25) is 0 Å². The van der Waals surface area contributed by atoms with Crippen molar-refractivity contribution in [3.05, 3.63) is 46.6 Å². The van der Waals surface area contributed by atoms with Gasteiger partial charge in [0.05, 0.1) is 5.56 Å². The van der Waals surface area contributed by atoms with Gasteiger partial charge in [-0.1, -0.05) is 27.7 Å². The topological polar surface area (TPSA) is 78.6 Å². The number of aromatic nitrogens is 1. The number of rotatable bonds is 3. The van der Waals surface area contributed by atoms with Crippen LogP contribution in [0.15, 0.2) is 39.8 Å². The van der Waals surface area contributed by atoms with E-state index in [0.29, 0.717) is 35.8 Å². The maximum atomic E-state index is 13.1. The lowest BCUT2D eigenvalue weighted by molar-refractivity contribution is -0.204. The fourth-order valence-corrected chi connectivity index (χ4v) is 7.39. The van der Waals surface area contributed by atoms with Crippen molar-refractivity contribution in [3.8, 4) is 17.1 Å². The summed E-state index contributed by atoms with van der Waals surface area (Å²) in [7, 11) is 0. The molecule has 2 fully saturated rings. The number of esters is 1. The summed E-state index contributed by atoms with van der Waals surface area (Å²) in [6.07, 6.45) is 8.03. The molecular weight excluding hydrogens is 430 g/mol. The van der Waals surface area contributed by atoms with Crippen molar-refractivity contribution in [2.45, 2.75) is 84.8 Å². The molecule has 2 saturated carbocycles. The summed E-state index contributed by atoms with van der Waals surface area (Å²) in [5.74, 6) is 1.55. The van der Waals surface area contributed by atoms with Gasteiger partial charge in [-0.15, -0.1) is 0 Å². The van der Waals surface area contributed by atoms with Crippen molar-refractivity contribution >= 4 is 5.97 Å². The van der Waals surface area contributed by atoms with Gasteiger partial charge in [-0.2, -0.15) is 0 Å². The minimum Gasteiger partial charge on any atom is -0.487 e. The third-order valence-electron chi connectivity index (χ3n) is 9.20. The fraction of sp³-hybridized carbons (Fsp3) is 0.607. The molecule has 6 nitrogen and oxygen atoms in total. The van der Waals surface area contributed by atoms with Crippen LogP contribution < -0.4 is 10.4 Å². The molecule has 0 radical (unpaired) electrons. The molecule has 1 aliphatic heterocycles. The second kappa shape index (κ2) is 7.96. The number of hydrogen-bond acceptors (Lipinski definition) is 6. The molecule has 6 heteroatoms. The molecule has 5 rings (SSSR count). The summed E-state index contributed by atoms with van der Waals surface area (Å²) in [6, 6.07) is 5.56. The van der Waals surface area contributed by atoms with Crippen molar-refractivity contribution in [2.24, 2.45) is 22.7 Å². The number of pyridine rings is 1. The average molecular weight is 466 g/mol. The predicted octanol–water partition coefficient (Wildman–Crippen LogP) is 5.57. The van der Waals surface area contributed by atoms with E-state index in [-0.39, 0.29) is 40.0 Å². The van der Waals surface area contributed by atoms with E-state index in [4.69, 9.17) is 13.9 Å². The second-order valence-corrected chi connectivity index (χ2v) is 11.4. The molecule has 2 aromatic heterocycles. The quantitative estimate of drug-likeness (QED) is 0.552. The number of carbonyl (C=O) groups is 1. The van der Waals surface area contributed by atoms with Crippen LogP contribution in [0.3, 0.4) is 0 Å². The number of nitrogens with zero attached hydrogens (tertiary/aromatic N) is 1. The van der Waals surface area contributed by atoms with Crippen molar-refractivity contribution in [3.63, 3.8) is 0 Å². The van der Waals surface area contributed by atoms with E-state index in [1.54, 1.807) is 12.4 Å². The Kier molecular flexibility index (Phi) is 5.41. The summed E-state index contributed by atoms with van der Waals surface area (Å²) < 4.78 is 18.3. The van der Waals surface area contributed by atoms with E-state index in [9.17, 15) is 9.59 Å². The molecule has 0 saturated heterocycles. The van der Waals surface area contributed by atoms with Crippen LogP contribution in [0.5, 0.6) is 5.75 Å². The molecule has 0 spiro atoms. The lowest BCUT2D eigenvalue weighted by atomic mass is 9.44. The van der Waals surface area contributed by atoms with Crippen LogP contribution in [-0.4, -0.2) is 22.7 Å². The van der Waals surface area contributed by atoms with Crippen molar-refractivity contribution in [2.75, 3.05) is 0 Å². The normalized spacial score (nSPS) is 33.6. The highest BCUT2D eigenvalue weighted by Crippen LogP contribution is 2.64. The summed E-state index contributed by atoms with van der Waals surface area (Å²) >= 11 is 0. The first-order chi connectivity index (χ1) is 16.1. The van der Waals surface area contributed by atoms with Crippen LogP contribution in [0.1, 0.15) is 72.3 Å². The largest absolute Gasteiger partial charge is 0.487 e. The van der Waals surface area contributed by atoms with Gasteiger partial charge in [-0.05, 0) is 62.5 Å². The third kappa shape index (κ3) is 3.48. The standard InChI is InChI=1S/C28H35NO5/c1-6-24(30)33-23-10-11-27(4)21(26(23,2)3)9-12-28(5)22(27)14-18-20(34-28)15-19(32-25(18)31)17-8-7-13-29-16-17/h7-8,13,15-16,21-23H,6,9-12,14H2,1-5H3/t21?,22?,23-,27-,28+/m0/s1. The monoisotopic (exact) mass is 465 g/mol. The first-order valence-electron chi connectivity index (χ1n) is 12.5. The predicted molar refractivity (Wildman–Crippen MR) is 128 cm³/mol. The maximum absolute atomic E-state index is 13.1. The maximum Gasteiger partial charge on any atom is 0.343 e. The van der Waals surface area contributed by atoms with Crippen LogP contribution in [0, 0.1) is 22.7 Å². The van der Waals surface area contributed by atoms with Gasteiger partial charge < -0.3 is 13.9 Å². The van der Waals surface area contributed by atoms with Crippen LogP contribution in [0.4, 0.5) is 0 Å². The molecule has 0 N–H and O–H groups in total. The van der Waals surface area contributed by atoms with Gasteiger partial charge in [0.1, 0.15) is 23.2 Å². The minimum absolute atomic E-state index is 0.0300. The second-order valence-electron chi connectivity index (χ2n) is 11.4. The molecule has 5 atom stereocenters. The van der Waals surface area contributed by atoms with E-state index >= 15 is 0 Å². The smallest absolute Gasteiger partial charge is 0.343 e. The molecule has 0 amide bonds. The molecule has 34 heavy (non-hydrogen) atoms. The molecule has 3 aliphatic rings. The molecule has 0 bridgehead atoms. The zero-order chi connectivity index (χ0) is 24.3. The Bertz CT molecular complexity index is 1160. The van der Waals surface area contributed by atoms with Crippen LogP contribution >= 0.6 is 0 Å². The van der Waals surface area contributed by atoms with Gasteiger partial charge in [-0.3, -0.25) is 9.78 Å². The third-order valence-corrected chi connectivity index (χ3v) is 9.20. The lowest BCUT2D eigenvalue weighted by Gasteiger charge is -2.64. The minimum atomic E-state index is -0.360. The number of ether oxygens (including phenoxy) is 2. The Morgan fingerprint density at radius 1 is 1.18 bits per heavy atom. The van der Waals surface area contributed by atoms with Crippen LogP contribution in [-0.2, 0) is 16.0 Å². The van der Waals surface area contributed by atoms with E-state index < -0.39 is 0 Å². The van der Waals surface area contributed by atoms with Gasteiger partial charge >= 0.3 is 11.6 Å². The highest BCUT2D eigenvalue weighted by atomic mass is 16.5. The van der Waals surface area contributed by atoms with E-state index in [2.05, 4.69) is 32.7 Å². The molecule has 2 aromatic rings. The number of carbonyl (C=O) groups excluding carboxylic acids is 1. The molecule has 3 heterocycles. The molecular formula is C28H35NO5. The zero-order valence-corrected chi connectivity index (χ0v) is 20.8. The van der Waals surface area contributed by atoms with Gasteiger partial charge in [-0.25, -0.2) is 4.79 Å². The Morgan fingerprint density at radius 3 is 2.68 bits per heavy atom. The molecule has 2 aliphatic carbocycles. The molecule has 182 valence electrons. The van der Waals surface area contributed by atoms with Gasteiger partial charge in [0, 0.05) is 41.8 Å². The Balaban J connectivity index is 1.50. The SMILES string of the molecule is CCC(=O)O[C@H]1CC[C@@]2(C)C(CC[C@@]3(C)Oc4cc(-c5cccnc5)oc(=O)c4CC23)C1(C)C. The lowest BCUT2D eigenvalue weighted by Crippen LogP contribution is -2.64.